The summed E-state index contributed by atoms with van der Waals surface area (Å²) in [6.07, 6.45) is 5.29. The summed E-state index contributed by atoms with van der Waals surface area (Å²) >= 11 is 6.20. The Labute approximate surface area is 182 Å². The zero-order chi connectivity index (χ0) is 21.5. The molecule has 0 aliphatic carbocycles. The number of nitrogens with zero attached hydrogens (tertiary/aromatic N) is 2. The second kappa shape index (κ2) is 8.12. The summed E-state index contributed by atoms with van der Waals surface area (Å²) in [5, 5.41) is 3.58. The van der Waals surface area contributed by atoms with E-state index in [9.17, 15) is 13.2 Å². The van der Waals surface area contributed by atoms with Gasteiger partial charge >= 0.3 is 0 Å². The van der Waals surface area contributed by atoms with Crippen molar-refractivity contribution in [3.63, 3.8) is 0 Å². The predicted molar refractivity (Wildman–Crippen MR) is 122 cm³/mol. The summed E-state index contributed by atoms with van der Waals surface area (Å²) in [4.78, 5) is 15.3. The van der Waals surface area contributed by atoms with E-state index in [-0.39, 0.29) is 11.9 Å². The molecule has 1 unspecified atom stereocenters. The van der Waals surface area contributed by atoms with Crippen LogP contribution in [0.5, 0.6) is 0 Å². The van der Waals surface area contributed by atoms with Gasteiger partial charge in [-0.15, -0.1) is 0 Å². The highest BCUT2D eigenvalue weighted by atomic mass is 35.5. The molecule has 0 aromatic heterocycles. The molecule has 2 aromatic rings. The summed E-state index contributed by atoms with van der Waals surface area (Å²) in [6.45, 7) is 3.79. The Morgan fingerprint density at radius 3 is 2.47 bits per heavy atom. The van der Waals surface area contributed by atoms with Gasteiger partial charge in [-0.3, -0.25) is 9.10 Å². The van der Waals surface area contributed by atoms with Gasteiger partial charge in [0.05, 0.1) is 23.3 Å². The van der Waals surface area contributed by atoms with Gasteiger partial charge in [-0.2, -0.15) is 0 Å². The van der Waals surface area contributed by atoms with E-state index in [0.29, 0.717) is 28.4 Å². The number of piperidine rings is 1. The molecule has 2 aliphatic rings. The zero-order valence-electron chi connectivity index (χ0n) is 17.2. The number of carbonyl (C=O) groups is 1. The quantitative estimate of drug-likeness (QED) is 0.758. The van der Waals surface area contributed by atoms with E-state index >= 15 is 0 Å². The molecule has 0 spiro atoms. The molecule has 6 nitrogen and oxygen atoms in total. The third kappa shape index (κ3) is 4.14. The largest absolute Gasteiger partial charge is 0.370 e. The minimum Gasteiger partial charge on any atom is -0.370 e. The molecule has 30 heavy (non-hydrogen) atoms. The Balaban J connectivity index is 1.60. The molecule has 1 amide bonds. The molecule has 160 valence electrons. The van der Waals surface area contributed by atoms with Gasteiger partial charge in [0.15, 0.2) is 0 Å². The van der Waals surface area contributed by atoms with Crippen molar-refractivity contribution >= 4 is 44.6 Å². The van der Waals surface area contributed by atoms with E-state index in [4.69, 9.17) is 11.6 Å². The first-order valence-corrected chi connectivity index (χ1v) is 12.4. The molecule has 2 heterocycles. The minimum atomic E-state index is -3.36. The number of carbonyl (C=O) groups excluding carboxylic acids is 1. The van der Waals surface area contributed by atoms with Gasteiger partial charge in [-0.1, -0.05) is 11.6 Å². The molecule has 0 bridgehead atoms. The van der Waals surface area contributed by atoms with Crippen molar-refractivity contribution in [1.82, 2.24) is 0 Å². The number of fused-ring (bicyclic) bond motifs is 1. The standard InChI is InChI=1S/C22H26ClN3O3S/c1-15-12-17-13-16(6-8-20(17)26(15)30(2,28)29)22(27)24-19-14-18(23)7-9-21(19)25-10-4-3-5-11-25/h6-9,13-15H,3-5,10-12H2,1-2H3,(H,24,27). The number of amides is 1. The van der Waals surface area contributed by atoms with Crippen LogP contribution in [0.25, 0.3) is 0 Å². The summed E-state index contributed by atoms with van der Waals surface area (Å²) in [5.41, 5.74) is 3.69. The highest BCUT2D eigenvalue weighted by Gasteiger charge is 2.32. The van der Waals surface area contributed by atoms with Crippen molar-refractivity contribution in [2.24, 2.45) is 0 Å². The number of nitrogens with one attached hydrogen (secondary N) is 1. The lowest BCUT2D eigenvalue weighted by Crippen LogP contribution is -2.34. The molecule has 1 fully saturated rings. The first-order chi connectivity index (χ1) is 14.2. The van der Waals surface area contributed by atoms with Gasteiger partial charge in [-0.25, -0.2) is 8.42 Å². The average Bonchev–Trinajstić information content (AvgIpc) is 3.04. The van der Waals surface area contributed by atoms with Crippen molar-refractivity contribution in [3.05, 3.63) is 52.5 Å². The minimum absolute atomic E-state index is 0.160. The average molecular weight is 448 g/mol. The monoisotopic (exact) mass is 447 g/mol. The first kappa shape index (κ1) is 21.0. The molecule has 2 aliphatic heterocycles. The van der Waals surface area contributed by atoms with E-state index < -0.39 is 10.0 Å². The van der Waals surface area contributed by atoms with Gasteiger partial charge in [0, 0.05) is 29.7 Å². The SMILES string of the molecule is CC1Cc2cc(C(=O)Nc3cc(Cl)ccc3N3CCCCC3)ccc2N1S(C)(=O)=O. The van der Waals surface area contributed by atoms with Crippen molar-refractivity contribution in [2.45, 2.75) is 38.6 Å². The van der Waals surface area contributed by atoms with Crippen molar-refractivity contribution in [1.29, 1.82) is 0 Å². The number of hydrogen-bond acceptors (Lipinski definition) is 4. The Kier molecular flexibility index (Phi) is 5.68. The first-order valence-electron chi connectivity index (χ1n) is 10.2. The number of benzene rings is 2. The smallest absolute Gasteiger partial charge is 0.255 e. The Morgan fingerprint density at radius 1 is 1.07 bits per heavy atom. The number of rotatable bonds is 4. The summed E-state index contributed by atoms with van der Waals surface area (Å²) < 4.78 is 25.7. The summed E-state index contributed by atoms with van der Waals surface area (Å²) in [5.74, 6) is -0.233. The number of hydrogen-bond donors (Lipinski definition) is 1. The van der Waals surface area contributed by atoms with Crippen LogP contribution in [-0.4, -0.2) is 39.7 Å². The van der Waals surface area contributed by atoms with Gasteiger partial charge in [-0.05, 0) is 74.6 Å². The van der Waals surface area contributed by atoms with Crippen LogP contribution in [-0.2, 0) is 16.4 Å². The van der Waals surface area contributed by atoms with Crippen LogP contribution < -0.4 is 14.5 Å². The number of anilines is 3. The lowest BCUT2D eigenvalue weighted by molar-refractivity contribution is 0.102. The highest BCUT2D eigenvalue weighted by Crippen LogP contribution is 2.35. The van der Waals surface area contributed by atoms with E-state index in [1.54, 1.807) is 24.3 Å². The summed E-state index contributed by atoms with van der Waals surface area (Å²) in [6, 6.07) is 10.6. The molecule has 0 radical (unpaired) electrons. The van der Waals surface area contributed by atoms with Crippen molar-refractivity contribution in [2.75, 3.05) is 33.9 Å². The van der Waals surface area contributed by atoms with E-state index in [2.05, 4.69) is 10.2 Å². The van der Waals surface area contributed by atoms with Gasteiger partial charge < -0.3 is 10.2 Å². The molecular formula is C22H26ClN3O3S. The second-order valence-corrected chi connectivity index (χ2v) is 10.4. The maximum atomic E-state index is 13.0. The van der Waals surface area contributed by atoms with Gasteiger partial charge in [0.2, 0.25) is 10.0 Å². The van der Waals surface area contributed by atoms with Gasteiger partial charge in [0.25, 0.3) is 5.91 Å². The molecule has 0 saturated carbocycles. The zero-order valence-corrected chi connectivity index (χ0v) is 18.8. The fourth-order valence-corrected chi connectivity index (χ4v) is 5.90. The molecule has 1 saturated heterocycles. The van der Waals surface area contributed by atoms with Crippen LogP contribution in [0, 0.1) is 0 Å². The Morgan fingerprint density at radius 2 is 1.77 bits per heavy atom. The molecule has 8 heteroatoms. The van der Waals surface area contributed by atoms with Gasteiger partial charge in [0.1, 0.15) is 0 Å². The number of halogens is 1. The van der Waals surface area contributed by atoms with E-state index in [1.165, 1.54) is 17.0 Å². The molecule has 1 N–H and O–H groups in total. The van der Waals surface area contributed by atoms with Crippen LogP contribution in [0.4, 0.5) is 17.1 Å². The van der Waals surface area contributed by atoms with Crippen LogP contribution in [0.15, 0.2) is 36.4 Å². The molecule has 1 atom stereocenters. The fraction of sp³-hybridized carbons (Fsp3) is 0.409. The lowest BCUT2D eigenvalue weighted by atomic mass is 10.1. The van der Waals surface area contributed by atoms with E-state index in [1.807, 2.05) is 19.1 Å². The highest BCUT2D eigenvalue weighted by molar-refractivity contribution is 7.92. The van der Waals surface area contributed by atoms with Crippen molar-refractivity contribution < 1.29 is 13.2 Å². The maximum Gasteiger partial charge on any atom is 0.255 e. The maximum absolute atomic E-state index is 13.0. The van der Waals surface area contributed by atoms with E-state index in [0.717, 1.165) is 37.2 Å². The molecular weight excluding hydrogens is 422 g/mol. The normalized spacial score (nSPS) is 19.0. The third-order valence-electron chi connectivity index (χ3n) is 5.76. The molecule has 2 aromatic carbocycles. The van der Waals surface area contributed by atoms with Crippen molar-refractivity contribution in [3.8, 4) is 0 Å². The lowest BCUT2D eigenvalue weighted by Gasteiger charge is -2.30. The topological polar surface area (TPSA) is 69.7 Å². The second-order valence-electron chi connectivity index (χ2n) is 8.12. The third-order valence-corrected chi connectivity index (χ3v) is 7.26. The Bertz CT molecular complexity index is 1080. The predicted octanol–water partition coefficient (Wildman–Crippen LogP) is 4.29. The van der Waals surface area contributed by atoms with Crippen LogP contribution in [0.1, 0.15) is 42.1 Å². The Hall–Kier alpha value is -2.25. The number of sulfonamides is 1. The van der Waals surface area contributed by atoms with Crippen LogP contribution in [0.2, 0.25) is 5.02 Å². The fourth-order valence-electron chi connectivity index (χ4n) is 4.46. The van der Waals surface area contributed by atoms with Crippen LogP contribution >= 0.6 is 11.6 Å². The summed E-state index contributed by atoms with van der Waals surface area (Å²) in [7, 11) is -3.36. The van der Waals surface area contributed by atoms with Crippen LogP contribution in [0.3, 0.4) is 0 Å². The molecule has 4 rings (SSSR count).